The van der Waals surface area contributed by atoms with Gasteiger partial charge in [-0.1, -0.05) is 23.5 Å². The van der Waals surface area contributed by atoms with E-state index in [9.17, 15) is 37.1 Å². The van der Waals surface area contributed by atoms with Crippen molar-refractivity contribution in [1.29, 1.82) is 0 Å². The van der Waals surface area contributed by atoms with Crippen LogP contribution in [-0.4, -0.2) is 71.2 Å². The highest BCUT2D eigenvalue weighted by molar-refractivity contribution is 9.11. The lowest BCUT2D eigenvalue weighted by atomic mass is 10.0. The molecule has 0 aliphatic heterocycles. The SMILES string of the molecule is CC(=O)Nc1nc(CCOC(=O)CCC(=O)OCCc2nc(N(C[C@H](Cc3ccc(C(F)(F)F)cc3)NC(=O)OC(C)(C)C)C(C)=O)sc2Br)cs1. The van der Waals surface area contributed by atoms with Gasteiger partial charge in [-0.15, -0.1) is 11.3 Å². The minimum Gasteiger partial charge on any atom is -0.465 e. The zero-order chi connectivity index (χ0) is 38.6. The van der Waals surface area contributed by atoms with E-state index in [-0.39, 0.29) is 56.5 Å². The molecule has 0 saturated carbocycles. The fourth-order valence-corrected chi connectivity index (χ4v) is 6.82. The molecule has 0 fully saturated rings. The summed E-state index contributed by atoms with van der Waals surface area (Å²) in [6, 6.07) is 3.74. The van der Waals surface area contributed by atoms with E-state index >= 15 is 0 Å². The molecule has 2 heterocycles. The number of alkyl carbamates (subject to hydrolysis) is 1. The van der Waals surface area contributed by atoms with Gasteiger partial charge in [-0.05, 0) is 60.8 Å². The van der Waals surface area contributed by atoms with Crippen molar-refractivity contribution in [1.82, 2.24) is 15.3 Å². The molecule has 0 spiro atoms. The van der Waals surface area contributed by atoms with E-state index in [2.05, 4.69) is 36.5 Å². The summed E-state index contributed by atoms with van der Waals surface area (Å²) in [6.45, 7) is 7.64. The molecule has 2 aromatic heterocycles. The monoisotopic (exact) mass is 833 g/mol. The normalized spacial score (nSPS) is 12.1. The molecule has 1 aromatic carbocycles. The van der Waals surface area contributed by atoms with Crippen molar-refractivity contribution in [2.75, 3.05) is 30.0 Å². The molecule has 19 heteroatoms. The molecule has 2 N–H and O–H groups in total. The second-order valence-corrected chi connectivity index (χ2v) is 15.5. The number of nitrogens with one attached hydrogen (secondary N) is 2. The van der Waals surface area contributed by atoms with E-state index in [1.807, 2.05) is 0 Å². The van der Waals surface area contributed by atoms with Crippen LogP contribution in [0.1, 0.15) is 70.0 Å². The molecule has 0 bridgehead atoms. The van der Waals surface area contributed by atoms with Crippen LogP contribution in [0.2, 0.25) is 0 Å². The number of thiazole rings is 2. The Morgan fingerprint density at radius 3 is 2.12 bits per heavy atom. The molecule has 3 rings (SSSR count). The quantitative estimate of drug-likeness (QED) is 0.121. The van der Waals surface area contributed by atoms with Crippen LogP contribution in [0.5, 0.6) is 0 Å². The number of aromatic nitrogens is 2. The molecule has 0 radical (unpaired) electrons. The summed E-state index contributed by atoms with van der Waals surface area (Å²) in [7, 11) is 0. The lowest BCUT2D eigenvalue weighted by molar-refractivity contribution is -0.150. The Labute approximate surface area is 314 Å². The number of carbonyl (C=O) groups is 5. The van der Waals surface area contributed by atoms with Gasteiger partial charge < -0.3 is 24.8 Å². The summed E-state index contributed by atoms with van der Waals surface area (Å²) in [6.07, 6.45) is -5.05. The average Bonchev–Trinajstić information content (AvgIpc) is 3.62. The maximum Gasteiger partial charge on any atom is 0.416 e. The van der Waals surface area contributed by atoms with Crippen LogP contribution in [0.25, 0.3) is 0 Å². The van der Waals surface area contributed by atoms with Crippen LogP contribution >= 0.6 is 38.6 Å². The first-order chi connectivity index (χ1) is 24.3. The molecule has 0 unspecified atom stereocenters. The number of nitrogens with zero attached hydrogens (tertiary/aromatic N) is 3. The molecule has 13 nitrogen and oxygen atoms in total. The number of ether oxygens (including phenoxy) is 3. The number of esters is 2. The van der Waals surface area contributed by atoms with Gasteiger partial charge in [0.25, 0.3) is 0 Å². The number of alkyl halides is 3. The van der Waals surface area contributed by atoms with Crippen molar-refractivity contribution in [3.05, 3.63) is 55.9 Å². The van der Waals surface area contributed by atoms with Crippen molar-refractivity contribution in [3.63, 3.8) is 0 Å². The molecule has 3 aromatic rings. The van der Waals surface area contributed by atoms with Crippen LogP contribution in [-0.2, 0) is 58.8 Å². The first-order valence-electron chi connectivity index (χ1n) is 15.9. The summed E-state index contributed by atoms with van der Waals surface area (Å²) in [4.78, 5) is 71.0. The Bertz CT molecular complexity index is 1710. The fourth-order valence-electron chi connectivity index (χ4n) is 4.41. The fraction of sp³-hybridized carbons (Fsp3) is 0.485. The smallest absolute Gasteiger partial charge is 0.416 e. The Balaban J connectivity index is 1.54. The van der Waals surface area contributed by atoms with Gasteiger partial charge >= 0.3 is 24.2 Å². The van der Waals surface area contributed by atoms with Crippen molar-refractivity contribution in [2.24, 2.45) is 0 Å². The average molecular weight is 835 g/mol. The lowest BCUT2D eigenvalue weighted by Crippen LogP contribution is -2.48. The van der Waals surface area contributed by atoms with Crippen molar-refractivity contribution in [2.45, 2.75) is 84.5 Å². The lowest BCUT2D eigenvalue weighted by Gasteiger charge is -2.27. The summed E-state index contributed by atoms with van der Waals surface area (Å²) in [5.41, 5.74) is -0.0102. The minimum absolute atomic E-state index is 0.0570. The minimum atomic E-state index is -4.51. The standard InChI is InChI=1S/C33H39BrF3N5O8S2/c1-19(43)38-29-39-23(18-51-29)12-14-48-26(45)10-11-27(46)49-15-13-25-28(34)52-30(41-25)42(20(2)44)17-24(40-31(47)50-32(3,4)5)16-21-6-8-22(9-7-21)33(35,36)37/h6-9,18,24H,10-17H2,1-5H3,(H,40,47)(H,38,39,43)/t24-/m0/s1. The second kappa shape index (κ2) is 19.1. The molecule has 52 heavy (non-hydrogen) atoms. The largest absolute Gasteiger partial charge is 0.465 e. The number of hydrogen-bond donors (Lipinski definition) is 2. The van der Waals surface area contributed by atoms with Crippen molar-refractivity contribution < 1.29 is 51.4 Å². The van der Waals surface area contributed by atoms with Gasteiger partial charge in [0.1, 0.15) is 5.60 Å². The van der Waals surface area contributed by atoms with Crippen LogP contribution in [0.3, 0.4) is 0 Å². The summed E-state index contributed by atoms with van der Waals surface area (Å²) in [5.74, 6) is -1.84. The van der Waals surface area contributed by atoms with Gasteiger partial charge in [0.05, 0.1) is 52.8 Å². The van der Waals surface area contributed by atoms with Crippen molar-refractivity contribution >= 4 is 78.7 Å². The zero-order valence-electron chi connectivity index (χ0n) is 29.1. The van der Waals surface area contributed by atoms with Gasteiger partial charge in [0, 0.05) is 38.6 Å². The third-order valence-corrected chi connectivity index (χ3v) is 9.39. The first-order valence-corrected chi connectivity index (χ1v) is 18.4. The molecule has 3 amide bonds. The predicted octanol–water partition coefficient (Wildman–Crippen LogP) is 6.48. The van der Waals surface area contributed by atoms with Gasteiger partial charge in [0.15, 0.2) is 10.3 Å². The Morgan fingerprint density at radius 2 is 1.56 bits per heavy atom. The molecule has 284 valence electrons. The number of benzene rings is 1. The maximum absolute atomic E-state index is 13.1. The highest BCUT2D eigenvalue weighted by Gasteiger charge is 2.31. The Kier molecular flexibility index (Phi) is 15.6. The third-order valence-electron chi connectivity index (χ3n) is 6.73. The van der Waals surface area contributed by atoms with E-state index in [0.717, 1.165) is 23.5 Å². The van der Waals surface area contributed by atoms with E-state index in [1.165, 1.54) is 42.2 Å². The van der Waals surface area contributed by atoms with Gasteiger partial charge in [-0.3, -0.25) is 24.1 Å². The molecular formula is C33H39BrF3N5O8S2. The Morgan fingerprint density at radius 1 is 0.942 bits per heavy atom. The van der Waals surface area contributed by atoms with Crippen molar-refractivity contribution in [3.8, 4) is 0 Å². The molecule has 1 atom stereocenters. The van der Waals surface area contributed by atoms with Crippen LogP contribution in [0, 0.1) is 0 Å². The topological polar surface area (TPSA) is 166 Å². The first kappa shape index (κ1) is 42.3. The summed E-state index contributed by atoms with van der Waals surface area (Å²) in [5, 5.41) is 7.76. The highest BCUT2D eigenvalue weighted by atomic mass is 79.9. The highest BCUT2D eigenvalue weighted by Crippen LogP contribution is 2.32. The van der Waals surface area contributed by atoms with Crippen LogP contribution < -0.4 is 15.5 Å². The Hall–Kier alpha value is -4.10. The van der Waals surface area contributed by atoms with Gasteiger partial charge in [-0.25, -0.2) is 14.8 Å². The van der Waals surface area contributed by atoms with E-state index in [1.54, 1.807) is 26.2 Å². The molecule has 0 saturated heterocycles. The predicted molar refractivity (Wildman–Crippen MR) is 191 cm³/mol. The van der Waals surface area contributed by atoms with Crippen LogP contribution in [0.4, 0.5) is 28.2 Å². The van der Waals surface area contributed by atoms with E-state index < -0.39 is 47.3 Å². The van der Waals surface area contributed by atoms with E-state index in [0.29, 0.717) is 32.3 Å². The molecular weight excluding hydrogens is 795 g/mol. The number of halogens is 4. The van der Waals surface area contributed by atoms with Gasteiger partial charge in [-0.2, -0.15) is 13.2 Å². The number of rotatable bonds is 16. The zero-order valence-corrected chi connectivity index (χ0v) is 32.3. The maximum atomic E-state index is 13.1. The van der Waals surface area contributed by atoms with Gasteiger partial charge in [0.2, 0.25) is 11.8 Å². The molecule has 0 aliphatic rings. The number of carbonyl (C=O) groups excluding carboxylic acids is 5. The molecule has 0 aliphatic carbocycles. The number of hydrogen-bond acceptors (Lipinski definition) is 12. The number of anilines is 2. The summed E-state index contributed by atoms with van der Waals surface area (Å²) < 4.78 is 55.7. The third kappa shape index (κ3) is 14.9. The number of amides is 3. The second-order valence-electron chi connectivity index (χ2n) is 12.4. The van der Waals surface area contributed by atoms with Crippen LogP contribution in [0.15, 0.2) is 33.4 Å². The van der Waals surface area contributed by atoms with E-state index in [4.69, 9.17) is 14.2 Å². The summed E-state index contributed by atoms with van der Waals surface area (Å²) >= 11 is 5.82.